The largest absolute Gasteiger partial charge is 0.481 e. The standard InChI is InChI=1S/C14H16N2O2/c1-10(2)11-3-4-12-9-16(6-5-14(17)18)15-8-13(12)7-11/h3-4,7-10H,5-6H2,1-2H3/p+1. The Kier molecular flexibility index (Phi) is 3.55. The van der Waals surface area contributed by atoms with E-state index < -0.39 is 5.97 Å². The van der Waals surface area contributed by atoms with Gasteiger partial charge in [0.15, 0.2) is 6.54 Å². The second-order valence-corrected chi connectivity index (χ2v) is 4.72. The average molecular weight is 245 g/mol. The van der Waals surface area contributed by atoms with E-state index in [0.29, 0.717) is 12.5 Å². The average Bonchev–Trinajstić information content (AvgIpc) is 2.35. The van der Waals surface area contributed by atoms with Crippen LogP contribution in [0.2, 0.25) is 0 Å². The van der Waals surface area contributed by atoms with E-state index in [4.69, 9.17) is 5.11 Å². The van der Waals surface area contributed by atoms with Gasteiger partial charge in [-0.25, -0.2) is 0 Å². The molecule has 0 unspecified atom stereocenters. The highest BCUT2D eigenvalue weighted by Crippen LogP contribution is 2.19. The van der Waals surface area contributed by atoms with Crippen molar-refractivity contribution < 1.29 is 14.6 Å². The van der Waals surface area contributed by atoms with Crippen molar-refractivity contribution in [2.24, 2.45) is 0 Å². The normalized spacial score (nSPS) is 11.1. The lowest BCUT2D eigenvalue weighted by Gasteiger charge is -2.05. The van der Waals surface area contributed by atoms with Crippen molar-refractivity contribution in [1.82, 2.24) is 5.10 Å². The first-order valence-electron chi connectivity index (χ1n) is 6.07. The number of hydrogen-bond acceptors (Lipinski definition) is 2. The maximum atomic E-state index is 10.5. The number of carboxylic acids is 1. The topological polar surface area (TPSA) is 54.1 Å². The lowest BCUT2D eigenvalue weighted by Crippen LogP contribution is -2.38. The minimum absolute atomic E-state index is 0.0905. The van der Waals surface area contributed by atoms with Gasteiger partial charge in [-0.1, -0.05) is 24.6 Å². The Hall–Kier alpha value is -1.97. The maximum absolute atomic E-state index is 10.5. The molecule has 0 aliphatic carbocycles. The molecule has 2 aromatic rings. The number of aryl methyl sites for hydroxylation is 1. The van der Waals surface area contributed by atoms with E-state index in [-0.39, 0.29) is 6.42 Å². The fraction of sp³-hybridized carbons (Fsp3) is 0.357. The number of rotatable bonds is 4. The fourth-order valence-corrected chi connectivity index (χ4v) is 1.84. The summed E-state index contributed by atoms with van der Waals surface area (Å²) >= 11 is 0. The summed E-state index contributed by atoms with van der Waals surface area (Å²) in [5.74, 6) is -0.312. The number of aliphatic carboxylic acids is 1. The van der Waals surface area contributed by atoms with Crippen LogP contribution in [0.3, 0.4) is 0 Å². The predicted octanol–water partition coefficient (Wildman–Crippen LogP) is 2.12. The number of fused-ring (bicyclic) bond motifs is 1. The quantitative estimate of drug-likeness (QED) is 0.839. The summed E-state index contributed by atoms with van der Waals surface area (Å²) < 4.78 is 1.67. The second-order valence-electron chi connectivity index (χ2n) is 4.72. The van der Waals surface area contributed by atoms with Crippen molar-refractivity contribution >= 4 is 16.7 Å². The molecule has 2 rings (SSSR count). The Balaban J connectivity index is 2.29. The number of carboxylic acid groups (broad SMARTS) is 1. The summed E-state index contributed by atoms with van der Waals surface area (Å²) in [5.41, 5.74) is 1.28. The molecule has 0 fully saturated rings. The van der Waals surface area contributed by atoms with Crippen LogP contribution in [0.4, 0.5) is 0 Å². The minimum atomic E-state index is -0.806. The summed E-state index contributed by atoms with van der Waals surface area (Å²) in [7, 11) is 0. The summed E-state index contributed by atoms with van der Waals surface area (Å²) in [6, 6.07) is 6.30. The number of aromatic nitrogens is 2. The van der Waals surface area contributed by atoms with Crippen molar-refractivity contribution in [3.05, 3.63) is 36.2 Å². The number of benzene rings is 1. The van der Waals surface area contributed by atoms with E-state index in [2.05, 4.69) is 37.1 Å². The molecule has 4 heteroatoms. The van der Waals surface area contributed by atoms with Gasteiger partial charge in [0.2, 0.25) is 6.20 Å². The van der Waals surface area contributed by atoms with Crippen LogP contribution in [-0.2, 0) is 11.3 Å². The van der Waals surface area contributed by atoms with Gasteiger partial charge < -0.3 is 5.11 Å². The fourth-order valence-electron chi connectivity index (χ4n) is 1.84. The molecule has 1 N–H and O–H groups in total. The monoisotopic (exact) mass is 245 g/mol. The minimum Gasteiger partial charge on any atom is -0.481 e. The van der Waals surface area contributed by atoms with E-state index in [1.54, 1.807) is 10.9 Å². The zero-order valence-corrected chi connectivity index (χ0v) is 10.6. The predicted molar refractivity (Wildman–Crippen MR) is 68.3 cm³/mol. The van der Waals surface area contributed by atoms with Crippen LogP contribution in [0, 0.1) is 0 Å². The van der Waals surface area contributed by atoms with E-state index in [9.17, 15) is 4.79 Å². The molecule has 94 valence electrons. The molecule has 0 amide bonds. The number of hydrogen-bond donors (Lipinski definition) is 1. The summed E-state index contributed by atoms with van der Waals surface area (Å²) in [6.07, 6.45) is 3.78. The van der Waals surface area contributed by atoms with Gasteiger partial charge in [-0.15, -0.1) is 0 Å². The highest BCUT2D eigenvalue weighted by molar-refractivity contribution is 5.80. The molecular formula is C14H17N2O2+. The Labute approximate surface area is 106 Å². The molecule has 0 bridgehead atoms. The maximum Gasteiger partial charge on any atom is 0.309 e. The molecule has 0 atom stereocenters. The lowest BCUT2D eigenvalue weighted by atomic mass is 10.0. The van der Waals surface area contributed by atoms with Crippen molar-refractivity contribution in [1.29, 1.82) is 0 Å². The molecule has 0 radical (unpaired) electrons. The molecule has 1 heterocycles. The molecule has 0 saturated carbocycles. The smallest absolute Gasteiger partial charge is 0.309 e. The molecule has 1 aromatic heterocycles. The SMILES string of the molecule is CC(C)c1ccc2c[n+](CCC(=O)O)ncc2c1. The first kappa shape index (κ1) is 12.5. The number of nitrogens with zero attached hydrogens (tertiary/aromatic N) is 2. The van der Waals surface area contributed by atoms with Crippen molar-refractivity contribution in [3.63, 3.8) is 0 Å². The Bertz CT molecular complexity index is 579. The van der Waals surface area contributed by atoms with Gasteiger partial charge in [-0.05, 0) is 28.7 Å². The highest BCUT2D eigenvalue weighted by atomic mass is 16.4. The molecule has 1 aromatic carbocycles. The first-order valence-corrected chi connectivity index (χ1v) is 6.07. The molecule has 18 heavy (non-hydrogen) atoms. The number of carbonyl (C=O) groups is 1. The molecule has 0 spiro atoms. The molecule has 0 saturated heterocycles. The van der Waals surface area contributed by atoms with Crippen molar-refractivity contribution in [3.8, 4) is 0 Å². The zero-order valence-electron chi connectivity index (χ0n) is 10.6. The van der Waals surface area contributed by atoms with E-state index in [1.165, 1.54) is 5.56 Å². The molecule has 0 aliphatic heterocycles. The second kappa shape index (κ2) is 5.12. The summed E-state index contributed by atoms with van der Waals surface area (Å²) in [6.45, 7) is 4.71. The van der Waals surface area contributed by atoms with Crippen LogP contribution in [0.1, 0.15) is 31.7 Å². The van der Waals surface area contributed by atoms with Crippen LogP contribution in [0.15, 0.2) is 30.6 Å². The summed E-state index contributed by atoms with van der Waals surface area (Å²) in [4.78, 5) is 10.5. The third-order valence-electron chi connectivity index (χ3n) is 2.97. The van der Waals surface area contributed by atoms with Gasteiger partial charge >= 0.3 is 5.97 Å². The zero-order chi connectivity index (χ0) is 13.1. The van der Waals surface area contributed by atoms with Gasteiger partial charge in [0.25, 0.3) is 0 Å². The van der Waals surface area contributed by atoms with E-state index in [1.807, 2.05) is 6.20 Å². The van der Waals surface area contributed by atoms with Crippen LogP contribution in [0.25, 0.3) is 10.8 Å². The lowest BCUT2D eigenvalue weighted by molar-refractivity contribution is -0.751. The van der Waals surface area contributed by atoms with Gasteiger partial charge in [0.1, 0.15) is 12.6 Å². The molecule has 0 aliphatic rings. The summed E-state index contributed by atoms with van der Waals surface area (Å²) in [5, 5.41) is 15.1. The third-order valence-corrected chi connectivity index (χ3v) is 2.97. The third kappa shape index (κ3) is 2.83. The van der Waals surface area contributed by atoms with Gasteiger partial charge in [-0.3, -0.25) is 4.79 Å². The van der Waals surface area contributed by atoms with Gasteiger partial charge in [0.05, 0.1) is 0 Å². The molecule has 4 nitrogen and oxygen atoms in total. The van der Waals surface area contributed by atoms with Gasteiger partial charge in [0, 0.05) is 10.8 Å². The van der Waals surface area contributed by atoms with Gasteiger partial charge in [-0.2, -0.15) is 0 Å². The van der Waals surface area contributed by atoms with E-state index in [0.717, 1.165) is 10.8 Å². The van der Waals surface area contributed by atoms with Crippen LogP contribution in [-0.4, -0.2) is 16.2 Å². The first-order chi connectivity index (χ1) is 8.56. The Morgan fingerprint density at radius 1 is 1.39 bits per heavy atom. The van der Waals surface area contributed by atoms with Crippen LogP contribution in [0.5, 0.6) is 0 Å². The Morgan fingerprint density at radius 2 is 2.17 bits per heavy atom. The van der Waals surface area contributed by atoms with Crippen LogP contribution >= 0.6 is 0 Å². The van der Waals surface area contributed by atoms with Crippen LogP contribution < -0.4 is 4.68 Å². The van der Waals surface area contributed by atoms with Crippen molar-refractivity contribution in [2.45, 2.75) is 32.7 Å². The molecular weight excluding hydrogens is 228 g/mol. The van der Waals surface area contributed by atoms with Crippen molar-refractivity contribution in [2.75, 3.05) is 0 Å². The Morgan fingerprint density at radius 3 is 2.83 bits per heavy atom. The highest BCUT2D eigenvalue weighted by Gasteiger charge is 2.09. The van der Waals surface area contributed by atoms with E-state index >= 15 is 0 Å².